The number of nitrogens with two attached hydrogens (primary N) is 1. The van der Waals surface area contributed by atoms with Gasteiger partial charge in [-0.05, 0) is 26.3 Å². The first-order valence-corrected chi connectivity index (χ1v) is 7.82. The van der Waals surface area contributed by atoms with Crippen molar-refractivity contribution >= 4 is 10.0 Å². The van der Waals surface area contributed by atoms with Crippen molar-refractivity contribution in [2.24, 2.45) is 5.14 Å². The second-order valence-corrected chi connectivity index (χ2v) is 6.54. The van der Waals surface area contributed by atoms with Gasteiger partial charge in [-0.3, -0.25) is 4.90 Å². The lowest BCUT2D eigenvalue weighted by atomic mass is 10.0. The molecule has 0 aliphatic carbocycles. The van der Waals surface area contributed by atoms with Crippen molar-refractivity contribution in [2.75, 3.05) is 12.3 Å². The molecule has 2 heterocycles. The summed E-state index contributed by atoms with van der Waals surface area (Å²) >= 11 is 0. The number of nitrogens with zero attached hydrogens (tertiary/aromatic N) is 2. The predicted molar refractivity (Wildman–Crippen MR) is 67.3 cm³/mol. The summed E-state index contributed by atoms with van der Waals surface area (Å²) in [4.78, 5) is 2.12. The third-order valence-corrected chi connectivity index (χ3v) is 4.06. The summed E-state index contributed by atoms with van der Waals surface area (Å²) in [6.07, 6.45) is 2.99. The Hall–Kier alpha value is -0.920. The van der Waals surface area contributed by atoms with Crippen LogP contribution in [-0.2, 0) is 16.6 Å². The van der Waals surface area contributed by atoms with E-state index in [-0.39, 0.29) is 11.8 Å². The molecular weight excluding hydrogens is 254 g/mol. The first-order chi connectivity index (χ1) is 8.44. The van der Waals surface area contributed by atoms with Crippen molar-refractivity contribution in [3.63, 3.8) is 0 Å². The maximum absolute atomic E-state index is 11.2. The van der Waals surface area contributed by atoms with E-state index in [0.717, 1.165) is 37.3 Å². The van der Waals surface area contributed by atoms with E-state index in [1.807, 2.05) is 13.0 Å². The Morgan fingerprint density at radius 3 is 2.94 bits per heavy atom. The van der Waals surface area contributed by atoms with Crippen LogP contribution in [0.4, 0.5) is 0 Å². The Labute approximate surface area is 107 Å². The molecule has 0 aromatic carbocycles. The van der Waals surface area contributed by atoms with E-state index in [1.165, 1.54) is 0 Å². The molecule has 1 aliphatic rings. The van der Waals surface area contributed by atoms with Gasteiger partial charge in [-0.25, -0.2) is 13.6 Å². The number of sulfonamides is 1. The largest absolute Gasteiger partial charge is 0.360 e. The number of aryl methyl sites for hydroxylation is 1. The van der Waals surface area contributed by atoms with Gasteiger partial charge in [-0.15, -0.1) is 0 Å². The molecule has 0 saturated carbocycles. The fourth-order valence-corrected chi connectivity index (χ4v) is 3.33. The Balaban J connectivity index is 2.03. The fraction of sp³-hybridized carbons (Fsp3) is 0.727. The van der Waals surface area contributed by atoms with Crippen LogP contribution in [0.3, 0.4) is 0 Å². The smallest absolute Gasteiger partial charge is 0.210 e. The Morgan fingerprint density at radius 1 is 1.56 bits per heavy atom. The first kappa shape index (κ1) is 13.5. The van der Waals surface area contributed by atoms with Gasteiger partial charge in [-0.1, -0.05) is 11.6 Å². The fourth-order valence-electron chi connectivity index (χ4n) is 2.42. The number of hydrogen-bond donors (Lipinski definition) is 1. The summed E-state index contributed by atoms with van der Waals surface area (Å²) in [5, 5.41) is 8.97. The Bertz CT molecular complexity index is 497. The average molecular weight is 273 g/mol. The van der Waals surface area contributed by atoms with E-state index in [0.29, 0.717) is 6.54 Å². The average Bonchev–Trinajstić information content (AvgIpc) is 2.65. The third kappa shape index (κ3) is 3.79. The molecule has 7 heteroatoms. The molecule has 1 fully saturated rings. The van der Waals surface area contributed by atoms with E-state index in [2.05, 4.69) is 10.1 Å². The lowest BCUT2D eigenvalue weighted by Crippen LogP contribution is -2.44. The molecule has 1 saturated heterocycles. The molecule has 0 spiro atoms. The number of likely N-dealkylation sites (tertiary alicyclic amines) is 1. The molecule has 1 unspecified atom stereocenters. The number of rotatable bonds is 4. The van der Waals surface area contributed by atoms with E-state index < -0.39 is 10.0 Å². The van der Waals surface area contributed by atoms with Crippen LogP contribution in [0.2, 0.25) is 0 Å². The van der Waals surface area contributed by atoms with Crippen LogP contribution < -0.4 is 5.14 Å². The second-order valence-electron chi connectivity index (χ2n) is 4.88. The zero-order chi connectivity index (χ0) is 13.2. The van der Waals surface area contributed by atoms with Crippen LogP contribution in [0, 0.1) is 6.92 Å². The number of hydrogen-bond acceptors (Lipinski definition) is 5. The van der Waals surface area contributed by atoms with E-state index >= 15 is 0 Å². The monoisotopic (exact) mass is 273 g/mol. The highest BCUT2D eigenvalue weighted by molar-refractivity contribution is 7.89. The lowest BCUT2D eigenvalue weighted by Gasteiger charge is -2.34. The topological polar surface area (TPSA) is 89.4 Å². The van der Waals surface area contributed by atoms with E-state index in [4.69, 9.17) is 9.66 Å². The van der Waals surface area contributed by atoms with Crippen molar-refractivity contribution in [1.82, 2.24) is 10.1 Å². The maximum atomic E-state index is 11.2. The molecule has 18 heavy (non-hydrogen) atoms. The minimum Gasteiger partial charge on any atom is -0.360 e. The molecule has 102 valence electrons. The van der Waals surface area contributed by atoms with Gasteiger partial charge in [0.25, 0.3) is 0 Å². The third-order valence-electron chi connectivity index (χ3n) is 3.21. The lowest BCUT2D eigenvalue weighted by molar-refractivity contribution is 0.139. The summed E-state index contributed by atoms with van der Waals surface area (Å²) in [6, 6.07) is 1.86. The van der Waals surface area contributed by atoms with Crippen LogP contribution in [-0.4, -0.2) is 36.8 Å². The molecule has 6 nitrogen and oxygen atoms in total. The molecule has 2 rings (SSSR count). The Kier molecular flexibility index (Phi) is 4.04. The van der Waals surface area contributed by atoms with Crippen molar-refractivity contribution in [3.05, 3.63) is 17.5 Å². The molecule has 1 aromatic heterocycles. The zero-order valence-electron chi connectivity index (χ0n) is 10.5. The number of piperidine rings is 1. The highest BCUT2D eigenvalue weighted by Crippen LogP contribution is 2.20. The van der Waals surface area contributed by atoms with Gasteiger partial charge in [0.05, 0.1) is 18.0 Å². The van der Waals surface area contributed by atoms with Crippen molar-refractivity contribution in [3.8, 4) is 0 Å². The van der Waals surface area contributed by atoms with E-state index in [1.54, 1.807) is 0 Å². The molecular formula is C11H19N3O3S. The highest BCUT2D eigenvalue weighted by atomic mass is 32.2. The van der Waals surface area contributed by atoms with Crippen molar-refractivity contribution in [2.45, 2.75) is 38.8 Å². The summed E-state index contributed by atoms with van der Waals surface area (Å²) in [5.74, 6) is 0.786. The minimum atomic E-state index is -3.43. The summed E-state index contributed by atoms with van der Waals surface area (Å²) < 4.78 is 27.6. The summed E-state index contributed by atoms with van der Waals surface area (Å²) in [6.45, 7) is 3.34. The molecule has 0 bridgehead atoms. The van der Waals surface area contributed by atoms with E-state index in [9.17, 15) is 8.42 Å². The van der Waals surface area contributed by atoms with Crippen molar-refractivity contribution < 1.29 is 12.9 Å². The summed E-state index contributed by atoms with van der Waals surface area (Å²) in [7, 11) is -3.43. The molecule has 2 N–H and O–H groups in total. The van der Waals surface area contributed by atoms with Crippen LogP contribution in [0.5, 0.6) is 0 Å². The van der Waals surface area contributed by atoms with Crippen LogP contribution in [0.1, 0.15) is 30.7 Å². The van der Waals surface area contributed by atoms with Crippen molar-refractivity contribution in [1.29, 1.82) is 0 Å². The molecule has 1 atom stereocenters. The molecule has 1 aromatic rings. The Morgan fingerprint density at radius 2 is 2.33 bits per heavy atom. The molecule has 0 amide bonds. The zero-order valence-corrected chi connectivity index (χ0v) is 11.3. The first-order valence-electron chi connectivity index (χ1n) is 6.11. The quantitative estimate of drug-likeness (QED) is 0.869. The van der Waals surface area contributed by atoms with Gasteiger partial charge in [0, 0.05) is 12.1 Å². The van der Waals surface area contributed by atoms with Crippen LogP contribution in [0.15, 0.2) is 10.6 Å². The van der Waals surface area contributed by atoms with Gasteiger partial charge in [0.15, 0.2) is 5.76 Å². The maximum Gasteiger partial charge on any atom is 0.210 e. The van der Waals surface area contributed by atoms with Gasteiger partial charge in [0.2, 0.25) is 10.0 Å². The second kappa shape index (κ2) is 5.38. The van der Waals surface area contributed by atoms with Gasteiger partial charge >= 0.3 is 0 Å². The van der Waals surface area contributed by atoms with Crippen LogP contribution in [0.25, 0.3) is 0 Å². The number of primary sulfonamides is 1. The minimum absolute atomic E-state index is 0.0140. The SMILES string of the molecule is Cc1cc(CN2CCCCC2CS(N)(=O)=O)on1. The normalized spacial score (nSPS) is 22.2. The number of aromatic nitrogens is 1. The molecule has 0 radical (unpaired) electrons. The predicted octanol–water partition coefficient (Wildman–Crippen LogP) is 0.626. The van der Waals surface area contributed by atoms with Gasteiger partial charge in [0.1, 0.15) is 0 Å². The van der Waals surface area contributed by atoms with Gasteiger partial charge < -0.3 is 4.52 Å². The highest BCUT2D eigenvalue weighted by Gasteiger charge is 2.26. The standard InChI is InChI=1S/C11H19N3O3S/c1-9-6-11(17-13-9)7-14-5-3-2-4-10(14)8-18(12,15)16/h6,10H,2-5,7-8H2,1H3,(H2,12,15,16). The summed E-state index contributed by atoms with van der Waals surface area (Å²) in [5.41, 5.74) is 0.838. The van der Waals surface area contributed by atoms with Gasteiger partial charge in [-0.2, -0.15) is 0 Å². The van der Waals surface area contributed by atoms with Crippen LogP contribution >= 0.6 is 0 Å². The molecule has 1 aliphatic heterocycles.